The SMILES string of the molecule is COc1cc(/C=C2\SC(=O)N(CC(=O)N3CCc4ccccc4C3)C2=O)cc(Br)c1OCC(=O)Nc1ccccc1. The molecule has 2 aliphatic rings. The van der Waals surface area contributed by atoms with Gasteiger partial charge in [-0.3, -0.25) is 24.1 Å². The summed E-state index contributed by atoms with van der Waals surface area (Å²) in [5.41, 5.74) is 3.50. The van der Waals surface area contributed by atoms with Crippen molar-refractivity contribution in [2.45, 2.75) is 13.0 Å². The first-order valence-electron chi connectivity index (χ1n) is 12.8. The third kappa shape index (κ3) is 6.63. The number of rotatable bonds is 8. The molecule has 2 heterocycles. The molecule has 11 heteroatoms. The number of halogens is 1. The number of thioether (sulfide) groups is 1. The molecule has 0 spiro atoms. The van der Waals surface area contributed by atoms with E-state index in [1.54, 1.807) is 35.2 Å². The minimum Gasteiger partial charge on any atom is -0.493 e. The van der Waals surface area contributed by atoms with Crippen LogP contribution in [0.15, 0.2) is 76.1 Å². The number of nitrogens with zero attached hydrogens (tertiary/aromatic N) is 2. The number of nitrogens with one attached hydrogen (secondary N) is 1. The third-order valence-corrected chi connectivity index (χ3v) is 8.10. The lowest BCUT2D eigenvalue weighted by atomic mass is 10.00. The Bertz CT molecular complexity index is 1540. The fourth-order valence-electron chi connectivity index (χ4n) is 4.55. The highest BCUT2D eigenvalue weighted by atomic mass is 79.9. The monoisotopic (exact) mass is 635 g/mol. The Kier molecular flexibility index (Phi) is 8.75. The first-order chi connectivity index (χ1) is 19.8. The molecule has 41 heavy (non-hydrogen) atoms. The molecular weight excluding hydrogens is 610 g/mol. The van der Waals surface area contributed by atoms with Crippen LogP contribution in [0.3, 0.4) is 0 Å². The van der Waals surface area contributed by atoms with E-state index in [0.29, 0.717) is 40.3 Å². The number of hydrogen-bond donors (Lipinski definition) is 1. The topological polar surface area (TPSA) is 105 Å². The largest absolute Gasteiger partial charge is 0.493 e. The number of fused-ring (bicyclic) bond motifs is 1. The van der Waals surface area contributed by atoms with Gasteiger partial charge >= 0.3 is 0 Å². The molecule has 5 rings (SSSR count). The van der Waals surface area contributed by atoms with Crippen LogP contribution in [0, 0.1) is 0 Å². The zero-order valence-electron chi connectivity index (χ0n) is 22.1. The van der Waals surface area contributed by atoms with Crippen molar-refractivity contribution in [1.82, 2.24) is 9.80 Å². The second-order valence-electron chi connectivity index (χ2n) is 9.34. The molecule has 0 radical (unpaired) electrons. The highest BCUT2D eigenvalue weighted by molar-refractivity contribution is 9.10. The lowest BCUT2D eigenvalue weighted by molar-refractivity contribution is -0.136. The summed E-state index contributed by atoms with van der Waals surface area (Å²) in [6, 6.07) is 20.3. The number of benzene rings is 3. The minimum absolute atomic E-state index is 0.191. The summed E-state index contributed by atoms with van der Waals surface area (Å²) >= 11 is 4.23. The summed E-state index contributed by atoms with van der Waals surface area (Å²) in [6.07, 6.45) is 2.30. The molecule has 0 aliphatic carbocycles. The van der Waals surface area contributed by atoms with Crippen molar-refractivity contribution in [3.8, 4) is 11.5 Å². The zero-order chi connectivity index (χ0) is 28.9. The molecule has 3 aromatic carbocycles. The third-order valence-electron chi connectivity index (χ3n) is 6.61. The van der Waals surface area contributed by atoms with E-state index < -0.39 is 11.1 Å². The van der Waals surface area contributed by atoms with Crippen LogP contribution in [0.1, 0.15) is 16.7 Å². The van der Waals surface area contributed by atoms with Crippen molar-refractivity contribution in [3.05, 3.63) is 92.8 Å². The zero-order valence-corrected chi connectivity index (χ0v) is 24.5. The second kappa shape index (κ2) is 12.6. The van der Waals surface area contributed by atoms with Gasteiger partial charge < -0.3 is 19.7 Å². The maximum Gasteiger partial charge on any atom is 0.294 e. The van der Waals surface area contributed by atoms with Gasteiger partial charge in [-0.05, 0) is 81.1 Å². The van der Waals surface area contributed by atoms with Crippen molar-refractivity contribution in [1.29, 1.82) is 0 Å². The molecule has 4 amide bonds. The number of hydrogen-bond acceptors (Lipinski definition) is 7. The summed E-state index contributed by atoms with van der Waals surface area (Å²) in [6.45, 7) is 0.434. The summed E-state index contributed by atoms with van der Waals surface area (Å²) in [5.74, 6) is -0.497. The molecule has 0 bridgehead atoms. The molecule has 0 aromatic heterocycles. The molecule has 9 nitrogen and oxygen atoms in total. The van der Waals surface area contributed by atoms with Gasteiger partial charge in [-0.25, -0.2) is 0 Å². The van der Waals surface area contributed by atoms with Gasteiger partial charge in [0.05, 0.1) is 16.5 Å². The van der Waals surface area contributed by atoms with Crippen molar-refractivity contribution in [3.63, 3.8) is 0 Å². The predicted octanol–water partition coefficient (Wildman–Crippen LogP) is 5.10. The second-order valence-corrected chi connectivity index (χ2v) is 11.2. The van der Waals surface area contributed by atoms with Crippen molar-refractivity contribution in [2.24, 2.45) is 0 Å². The number of anilines is 1. The van der Waals surface area contributed by atoms with Gasteiger partial charge in [0.25, 0.3) is 17.1 Å². The van der Waals surface area contributed by atoms with Crippen LogP contribution in [-0.2, 0) is 27.3 Å². The van der Waals surface area contributed by atoms with Crippen LogP contribution in [0.4, 0.5) is 10.5 Å². The van der Waals surface area contributed by atoms with Crippen LogP contribution in [-0.4, -0.2) is 59.6 Å². The standard InChI is InChI=1S/C30H26BrN3O6S/c1-39-24-14-19(13-23(31)28(24)40-18-26(35)32-22-9-3-2-4-10-22)15-25-29(37)34(30(38)41-25)17-27(36)33-12-11-20-7-5-6-8-21(20)16-33/h2-10,13-15H,11-12,16-18H2,1H3,(H,32,35)/b25-15-. The quantitative estimate of drug-likeness (QED) is 0.344. The number of carbonyl (C=O) groups excluding carboxylic acids is 4. The van der Waals surface area contributed by atoms with E-state index in [1.807, 2.05) is 42.5 Å². The van der Waals surface area contributed by atoms with E-state index in [2.05, 4.69) is 21.2 Å². The normalized spacial score (nSPS) is 15.6. The Morgan fingerprint density at radius 1 is 1.05 bits per heavy atom. The lowest BCUT2D eigenvalue weighted by Gasteiger charge is -2.29. The average molecular weight is 637 g/mol. The van der Waals surface area contributed by atoms with Gasteiger partial charge in [-0.2, -0.15) is 0 Å². The summed E-state index contributed by atoms with van der Waals surface area (Å²) in [7, 11) is 1.46. The number of methoxy groups -OCH3 is 1. The highest BCUT2D eigenvalue weighted by Crippen LogP contribution is 2.39. The number of carbonyl (C=O) groups is 4. The van der Waals surface area contributed by atoms with Gasteiger partial charge in [0, 0.05) is 18.8 Å². The maximum atomic E-state index is 13.1. The van der Waals surface area contributed by atoms with Gasteiger partial charge in [0.1, 0.15) is 6.54 Å². The van der Waals surface area contributed by atoms with Crippen LogP contribution in [0.25, 0.3) is 6.08 Å². The van der Waals surface area contributed by atoms with E-state index in [4.69, 9.17) is 9.47 Å². The van der Waals surface area contributed by atoms with Crippen LogP contribution >= 0.6 is 27.7 Å². The van der Waals surface area contributed by atoms with Crippen molar-refractivity contribution < 1.29 is 28.7 Å². The number of imide groups is 1. The fraction of sp³-hybridized carbons (Fsp3) is 0.200. The van der Waals surface area contributed by atoms with E-state index >= 15 is 0 Å². The number of ether oxygens (including phenoxy) is 2. The molecule has 210 valence electrons. The number of para-hydroxylation sites is 1. The van der Waals surface area contributed by atoms with E-state index in [9.17, 15) is 19.2 Å². The fourth-order valence-corrected chi connectivity index (χ4v) is 5.96. The molecule has 0 unspecified atom stereocenters. The summed E-state index contributed by atoms with van der Waals surface area (Å²) in [5, 5.41) is 2.25. The van der Waals surface area contributed by atoms with E-state index in [0.717, 1.165) is 28.6 Å². The van der Waals surface area contributed by atoms with Crippen LogP contribution in [0.2, 0.25) is 0 Å². The Labute approximate surface area is 249 Å². The Morgan fingerprint density at radius 3 is 2.54 bits per heavy atom. The summed E-state index contributed by atoms with van der Waals surface area (Å²) in [4.78, 5) is 53.9. The maximum absolute atomic E-state index is 13.1. The molecule has 2 aliphatic heterocycles. The van der Waals surface area contributed by atoms with Gasteiger partial charge in [0.2, 0.25) is 5.91 Å². The molecule has 0 saturated carbocycles. The summed E-state index contributed by atoms with van der Waals surface area (Å²) < 4.78 is 11.7. The van der Waals surface area contributed by atoms with Crippen molar-refractivity contribution >= 4 is 62.4 Å². The van der Waals surface area contributed by atoms with E-state index in [-0.39, 0.29) is 29.9 Å². The van der Waals surface area contributed by atoms with Gasteiger partial charge in [0.15, 0.2) is 18.1 Å². The Morgan fingerprint density at radius 2 is 1.78 bits per heavy atom. The highest BCUT2D eigenvalue weighted by Gasteiger charge is 2.37. The Hall–Kier alpha value is -4.09. The average Bonchev–Trinajstić information content (AvgIpc) is 3.23. The predicted molar refractivity (Wildman–Crippen MR) is 160 cm³/mol. The van der Waals surface area contributed by atoms with Crippen molar-refractivity contribution in [2.75, 3.05) is 32.1 Å². The lowest BCUT2D eigenvalue weighted by Crippen LogP contribution is -2.44. The van der Waals surface area contributed by atoms with E-state index in [1.165, 1.54) is 12.7 Å². The first kappa shape index (κ1) is 28.4. The molecule has 1 fully saturated rings. The van der Waals surface area contributed by atoms with Crippen LogP contribution < -0.4 is 14.8 Å². The van der Waals surface area contributed by atoms with Gasteiger partial charge in [-0.1, -0.05) is 42.5 Å². The Balaban J connectivity index is 1.24. The molecule has 3 aromatic rings. The smallest absolute Gasteiger partial charge is 0.294 e. The molecular formula is C30H26BrN3O6S. The molecule has 0 atom stereocenters. The van der Waals surface area contributed by atoms with Crippen LogP contribution in [0.5, 0.6) is 11.5 Å². The molecule has 1 N–H and O–H groups in total. The number of amides is 4. The first-order valence-corrected chi connectivity index (χ1v) is 14.4. The molecule has 1 saturated heterocycles. The van der Waals surface area contributed by atoms with Gasteiger partial charge in [-0.15, -0.1) is 0 Å². The minimum atomic E-state index is -0.529.